The summed E-state index contributed by atoms with van der Waals surface area (Å²) in [5, 5.41) is 0. The van der Waals surface area contributed by atoms with Gasteiger partial charge < -0.3 is 9.64 Å². The van der Waals surface area contributed by atoms with Crippen molar-refractivity contribution in [2.45, 2.75) is 25.0 Å². The Morgan fingerprint density at radius 1 is 1.07 bits per heavy atom. The highest BCUT2D eigenvalue weighted by molar-refractivity contribution is 9.10. The monoisotopic (exact) mass is 267 g/mol. The van der Waals surface area contributed by atoms with E-state index < -0.39 is 0 Å². The number of nitrogens with zero attached hydrogens (tertiary/aromatic N) is 1. The van der Waals surface area contributed by atoms with Crippen molar-refractivity contribution in [1.82, 2.24) is 0 Å². The van der Waals surface area contributed by atoms with E-state index in [0.717, 1.165) is 17.6 Å². The maximum atomic E-state index is 5.82. The highest BCUT2D eigenvalue weighted by atomic mass is 79.9. The minimum atomic E-state index is 0.465. The molecule has 2 atom stereocenters. The van der Waals surface area contributed by atoms with E-state index in [-0.39, 0.29) is 0 Å². The van der Waals surface area contributed by atoms with E-state index in [2.05, 4.69) is 45.1 Å². The van der Waals surface area contributed by atoms with E-state index in [1.807, 2.05) is 0 Å². The highest BCUT2D eigenvalue weighted by Crippen LogP contribution is 2.29. The molecule has 3 rings (SSSR count). The van der Waals surface area contributed by atoms with Gasteiger partial charge in [-0.3, -0.25) is 0 Å². The van der Waals surface area contributed by atoms with Gasteiger partial charge in [-0.1, -0.05) is 15.9 Å². The van der Waals surface area contributed by atoms with Gasteiger partial charge in [-0.25, -0.2) is 0 Å². The van der Waals surface area contributed by atoms with E-state index in [1.165, 1.54) is 18.5 Å². The number of anilines is 1. The normalized spacial score (nSPS) is 29.5. The summed E-state index contributed by atoms with van der Waals surface area (Å²) in [6.07, 6.45) is 3.40. The molecule has 0 spiro atoms. The third kappa shape index (κ3) is 1.91. The topological polar surface area (TPSA) is 12.5 Å². The zero-order valence-electron chi connectivity index (χ0n) is 8.53. The molecule has 0 aromatic heterocycles. The molecule has 2 bridgehead atoms. The van der Waals surface area contributed by atoms with Gasteiger partial charge in [0.2, 0.25) is 0 Å². The van der Waals surface area contributed by atoms with E-state index in [0.29, 0.717) is 12.2 Å². The lowest BCUT2D eigenvalue weighted by Gasteiger charge is -2.33. The van der Waals surface area contributed by atoms with Crippen LogP contribution >= 0.6 is 15.9 Å². The van der Waals surface area contributed by atoms with Crippen LogP contribution < -0.4 is 4.90 Å². The molecule has 1 aromatic carbocycles. The Labute approximate surface area is 98.4 Å². The number of halogens is 1. The lowest BCUT2D eigenvalue weighted by molar-refractivity contribution is 0.0305. The fourth-order valence-corrected chi connectivity index (χ4v) is 2.74. The first kappa shape index (κ1) is 9.67. The van der Waals surface area contributed by atoms with E-state index in [9.17, 15) is 0 Å². The molecule has 2 saturated heterocycles. The van der Waals surface area contributed by atoms with Crippen LogP contribution in [0, 0.1) is 0 Å². The van der Waals surface area contributed by atoms with Crippen LogP contribution in [-0.2, 0) is 4.74 Å². The first-order valence-electron chi connectivity index (χ1n) is 5.47. The second-order valence-corrected chi connectivity index (χ2v) is 5.25. The highest BCUT2D eigenvalue weighted by Gasteiger charge is 2.33. The second-order valence-electron chi connectivity index (χ2n) is 4.34. The summed E-state index contributed by atoms with van der Waals surface area (Å²) in [6, 6.07) is 8.56. The molecule has 80 valence electrons. The Morgan fingerprint density at radius 2 is 1.67 bits per heavy atom. The first-order chi connectivity index (χ1) is 7.31. The van der Waals surface area contributed by atoms with E-state index in [4.69, 9.17) is 4.74 Å². The van der Waals surface area contributed by atoms with Crippen molar-refractivity contribution >= 4 is 21.6 Å². The van der Waals surface area contributed by atoms with Gasteiger partial charge in [-0.15, -0.1) is 0 Å². The Morgan fingerprint density at radius 3 is 2.27 bits per heavy atom. The summed E-state index contributed by atoms with van der Waals surface area (Å²) in [7, 11) is 0. The Hall–Kier alpha value is -0.540. The molecule has 0 amide bonds. The standard InChI is InChI=1S/C12H14BrNO/c13-9-1-3-10(4-2-9)14-7-11-5-6-12(8-14)15-11/h1-4,11-12H,5-8H2. The van der Waals surface area contributed by atoms with Gasteiger partial charge in [0.15, 0.2) is 0 Å². The molecular weight excluding hydrogens is 254 g/mol. The fraction of sp³-hybridized carbons (Fsp3) is 0.500. The average Bonchev–Trinajstić information content (AvgIpc) is 2.59. The van der Waals surface area contributed by atoms with Crippen LogP contribution in [0.3, 0.4) is 0 Å². The number of ether oxygens (including phenoxy) is 1. The maximum Gasteiger partial charge on any atom is 0.0755 e. The SMILES string of the molecule is Brc1ccc(N2CC3CCC(C2)O3)cc1. The van der Waals surface area contributed by atoms with Crippen LogP contribution in [0.1, 0.15) is 12.8 Å². The number of benzene rings is 1. The Balaban J connectivity index is 1.80. The summed E-state index contributed by atoms with van der Waals surface area (Å²) in [5.41, 5.74) is 1.32. The van der Waals surface area contributed by atoms with Crippen molar-refractivity contribution in [1.29, 1.82) is 0 Å². The van der Waals surface area contributed by atoms with Crippen LogP contribution in [0.5, 0.6) is 0 Å². The van der Waals surface area contributed by atoms with Crippen molar-refractivity contribution in [3.05, 3.63) is 28.7 Å². The van der Waals surface area contributed by atoms with Crippen LogP contribution in [0.25, 0.3) is 0 Å². The molecule has 2 unspecified atom stereocenters. The van der Waals surface area contributed by atoms with Crippen molar-refractivity contribution in [2.75, 3.05) is 18.0 Å². The van der Waals surface area contributed by atoms with Gasteiger partial charge in [-0.2, -0.15) is 0 Å². The number of morpholine rings is 1. The largest absolute Gasteiger partial charge is 0.371 e. The molecule has 0 aliphatic carbocycles. The molecule has 2 heterocycles. The number of rotatable bonds is 1. The Kier molecular flexibility index (Phi) is 2.45. The first-order valence-corrected chi connectivity index (χ1v) is 6.26. The lowest BCUT2D eigenvalue weighted by Crippen LogP contribution is -2.42. The van der Waals surface area contributed by atoms with Crippen molar-refractivity contribution in [2.24, 2.45) is 0 Å². The summed E-state index contributed by atoms with van der Waals surface area (Å²) in [6.45, 7) is 2.11. The van der Waals surface area contributed by atoms with Crippen LogP contribution in [0.2, 0.25) is 0 Å². The summed E-state index contributed by atoms with van der Waals surface area (Å²) >= 11 is 3.46. The van der Waals surface area contributed by atoms with Crippen LogP contribution in [-0.4, -0.2) is 25.3 Å². The van der Waals surface area contributed by atoms with E-state index in [1.54, 1.807) is 0 Å². The summed E-state index contributed by atoms with van der Waals surface area (Å²) in [4.78, 5) is 2.44. The van der Waals surface area contributed by atoms with Gasteiger partial charge in [0.05, 0.1) is 12.2 Å². The number of hydrogen-bond acceptors (Lipinski definition) is 2. The van der Waals surface area contributed by atoms with Crippen LogP contribution in [0.4, 0.5) is 5.69 Å². The summed E-state index contributed by atoms with van der Waals surface area (Å²) < 4.78 is 6.96. The molecule has 0 saturated carbocycles. The fourth-order valence-electron chi connectivity index (χ4n) is 2.48. The zero-order chi connectivity index (χ0) is 10.3. The van der Waals surface area contributed by atoms with Gasteiger partial charge >= 0.3 is 0 Å². The van der Waals surface area contributed by atoms with Gasteiger partial charge in [-0.05, 0) is 37.1 Å². The number of fused-ring (bicyclic) bond motifs is 2. The molecule has 3 heteroatoms. The molecule has 2 fully saturated rings. The maximum absolute atomic E-state index is 5.82. The smallest absolute Gasteiger partial charge is 0.0755 e. The molecule has 2 aliphatic heterocycles. The predicted octanol–water partition coefficient (Wildman–Crippen LogP) is 2.82. The molecule has 0 N–H and O–H groups in total. The third-order valence-electron chi connectivity index (χ3n) is 3.24. The Bertz CT molecular complexity index is 339. The molecule has 2 nitrogen and oxygen atoms in total. The van der Waals surface area contributed by atoms with Crippen LogP contribution in [0.15, 0.2) is 28.7 Å². The van der Waals surface area contributed by atoms with Crippen molar-refractivity contribution in [3.63, 3.8) is 0 Å². The molecule has 15 heavy (non-hydrogen) atoms. The van der Waals surface area contributed by atoms with Gasteiger partial charge in [0.1, 0.15) is 0 Å². The molecule has 2 aliphatic rings. The predicted molar refractivity (Wildman–Crippen MR) is 64.3 cm³/mol. The van der Waals surface area contributed by atoms with Crippen molar-refractivity contribution < 1.29 is 4.74 Å². The minimum absolute atomic E-state index is 0.465. The number of hydrogen-bond donors (Lipinski definition) is 0. The summed E-state index contributed by atoms with van der Waals surface area (Å²) in [5.74, 6) is 0. The molecule has 0 radical (unpaired) electrons. The quantitative estimate of drug-likeness (QED) is 0.776. The lowest BCUT2D eigenvalue weighted by atomic mass is 10.2. The second kappa shape index (κ2) is 3.80. The molecule has 1 aromatic rings. The third-order valence-corrected chi connectivity index (χ3v) is 3.76. The minimum Gasteiger partial charge on any atom is -0.371 e. The van der Waals surface area contributed by atoms with E-state index >= 15 is 0 Å². The average molecular weight is 268 g/mol. The zero-order valence-corrected chi connectivity index (χ0v) is 10.1. The molecular formula is C12H14BrNO. The van der Waals surface area contributed by atoms with Gasteiger partial charge in [0.25, 0.3) is 0 Å². The van der Waals surface area contributed by atoms with Crippen molar-refractivity contribution in [3.8, 4) is 0 Å². The van der Waals surface area contributed by atoms with Gasteiger partial charge in [0, 0.05) is 23.2 Å².